The van der Waals surface area contributed by atoms with Gasteiger partial charge in [-0.05, 0) is 58.0 Å². The highest BCUT2D eigenvalue weighted by molar-refractivity contribution is 7.89. The van der Waals surface area contributed by atoms with Crippen molar-refractivity contribution < 1.29 is 17.9 Å². The summed E-state index contributed by atoms with van der Waals surface area (Å²) in [7, 11) is -2.36. The van der Waals surface area contributed by atoms with Gasteiger partial charge in [0.2, 0.25) is 10.0 Å². The van der Waals surface area contributed by atoms with Crippen LogP contribution in [0.5, 0.6) is 5.75 Å². The van der Waals surface area contributed by atoms with Crippen LogP contribution in [0.25, 0.3) is 0 Å². The lowest BCUT2D eigenvalue weighted by Crippen LogP contribution is -2.42. The maximum Gasteiger partial charge on any atom is 0.251 e. The van der Waals surface area contributed by atoms with E-state index in [1.165, 1.54) is 19.2 Å². The van der Waals surface area contributed by atoms with Gasteiger partial charge in [-0.1, -0.05) is 0 Å². The van der Waals surface area contributed by atoms with Crippen LogP contribution in [0.4, 0.5) is 0 Å². The Kier molecular flexibility index (Phi) is 6.20. The number of amides is 1. The summed E-state index contributed by atoms with van der Waals surface area (Å²) in [5.41, 5.74) is 0.304. The summed E-state index contributed by atoms with van der Waals surface area (Å²) in [4.78, 5) is 12.4. The van der Waals surface area contributed by atoms with E-state index in [0.29, 0.717) is 5.56 Å². The number of hydrogen-bond donors (Lipinski definition) is 3. The molecule has 1 aliphatic rings. The van der Waals surface area contributed by atoms with E-state index in [4.69, 9.17) is 4.74 Å². The Bertz CT molecular complexity index is 683. The zero-order valence-corrected chi connectivity index (χ0v) is 15.1. The number of hydrogen-bond acceptors (Lipinski definition) is 5. The van der Waals surface area contributed by atoms with Gasteiger partial charge in [0.05, 0.1) is 7.11 Å². The van der Waals surface area contributed by atoms with Crippen LogP contribution in [-0.4, -0.2) is 46.6 Å². The molecule has 1 aliphatic heterocycles. The van der Waals surface area contributed by atoms with Crippen LogP contribution in [0, 0.1) is 0 Å². The van der Waals surface area contributed by atoms with Gasteiger partial charge in [-0.25, -0.2) is 13.1 Å². The molecule has 2 rings (SSSR count). The molecule has 0 radical (unpaired) electrons. The Hall–Kier alpha value is -1.64. The van der Waals surface area contributed by atoms with Crippen molar-refractivity contribution in [2.75, 3.05) is 20.2 Å². The minimum atomic E-state index is -3.76. The van der Waals surface area contributed by atoms with Crippen LogP contribution < -0.4 is 20.1 Å². The monoisotopic (exact) mass is 355 g/mol. The molecule has 1 fully saturated rings. The molecule has 0 aromatic heterocycles. The van der Waals surface area contributed by atoms with Crippen molar-refractivity contribution >= 4 is 15.9 Å². The van der Waals surface area contributed by atoms with Gasteiger partial charge >= 0.3 is 0 Å². The van der Waals surface area contributed by atoms with Gasteiger partial charge in [-0.15, -0.1) is 0 Å². The van der Waals surface area contributed by atoms with E-state index in [2.05, 4.69) is 15.4 Å². The summed E-state index contributed by atoms with van der Waals surface area (Å²) in [6.07, 6.45) is 1.73. The number of sulfonamides is 1. The molecule has 1 aromatic rings. The molecule has 1 amide bonds. The molecule has 134 valence electrons. The van der Waals surface area contributed by atoms with E-state index < -0.39 is 10.0 Å². The molecule has 0 atom stereocenters. The van der Waals surface area contributed by atoms with Crippen molar-refractivity contribution in [3.05, 3.63) is 23.8 Å². The molecule has 1 saturated heterocycles. The average Bonchev–Trinajstić information content (AvgIpc) is 2.54. The molecule has 0 bridgehead atoms. The molecule has 3 N–H and O–H groups in total. The lowest BCUT2D eigenvalue weighted by Gasteiger charge is -2.23. The smallest absolute Gasteiger partial charge is 0.251 e. The molecule has 24 heavy (non-hydrogen) atoms. The van der Waals surface area contributed by atoms with Crippen molar-refractivity contribution in [3.8, 4) is 5.75 Å². The predicted octanol–water partition coefficient (Wildman–Crippen LogP) is 0.864. The first-order chi connectivity index (χ1) is 11.3. The van der Waals surface area contributed by atoms with E-state index in [0.717, 1.165) is 25.9 Å². The van der Waals surface area contributed by atoms with Crippen LogP contribution in [-0.2, 0) is 10.0 Å². The van der Waals surface area contributed by atoms with E-state index in [1.54, 1.807) is 19.9 Å². The van der Waals surface area contributed by atoms with Crippen molar-refractivity contribution in [2.45, 2.75) is 43.7 Å². The first-order valence-electron chi connectivity index (χ1n) is 8.05. The van der Waals surface area contributed by atoms with E-state index in [-0.39, 0.29) is 28.6 Å². The number of methoxy groups -OCH3 is 1. The van der Waals surface area contributed by atoms with Crippen molar-refractivity contribution in [1.82, 2.24) is 15.4 Å². The molecule has 0 unspecified atom stereocenters. The third kappa shape index (κ3) is 4.68. The number of piperidine rings is 1. The molecule has 1 aromatic carbocycles. The summed E-state index contributed by atoms with van der Waals surface area (Å²) in [5, 5.41) is 6.19. The van der Waals surface area contributed by atoms with Crippen molar-refractivity contribution in [2.24, 2.45) is 0 Å². The summed E-state index contributed by atoms with van der Waals surface area (Å²) < 4.78 is 32.6. The van der Waals surface area contributed by atoms with Crippen LogP contribution in [0.15, 0.2) is 23.1 Å². The second kappa shape index (κ2) is 7.96. The van der Waals surface area contributed by atoms with Crippen molar-refractivity contribution in [1.29, 1.82) is 0 Å². The molecule has 1 heterocycles. The minimum Gasteiger partial charge on any atom is -0.495 e. The highest BCUT2D eigenvalue weighted by Gasteiger charge is 2.23. The van der Waals surface area contributed by atoms with Gasteiger partial charge in [0.15, 0.2) is 0 Å². The quantitative estimate of drug-likeness (QED) is 0.703. The molecular formula is C16H25N3O4S. The number of nitrogens with one attached hydrogen (secondary N) is 3. The topological polar surface area (TPSA) is 96.5 Å². The Morgan fingerprint density at radius 3 is 2.54 bits per heavy atom. The number of carbonyl (C=O) groups is 1. The fourth-order valence-corrected chi connectivity index (χ4v) is 4.08. The second-order valence-electron chi connectivity index (χ2n) is 6.14. The summed E-state index contributed by atoms with van der Waals surface area (Å²) in [6, 6.07) is 4.29. The lowest BCUT2D eigenvalue weighted by atomic mass is 10.1. The largest absolute Gasteiger partial charge is 0.495 e. The predicted molar refractivity (Wildman–Crippen MR) is 91.8 cm³/mol. The van der Waals surface area contributed by atoms with Crippen LogP contribution in [0.2, 0.25) is 0 Å². The van der Waals surface area contributed by atoms with E-state index >= 15 is 0 Å². The number of benzene rings is 1. The summed E-state index contributed by atoms with van der Waals surface area (Å²) >= 11 is 0. The first kappa shape index (κ1) is 18.7. The molecule has 0 spiro atoms. The van der Waals surface area contributed by atoms with Gasteiger partial charge in [0.1, 0.15) is 10.6 Å². The summed E-state index contributed by atoms with van der Waals surface area (Å²) in [6.45, 7) is 5.20. The number of carbonyl (C=O) groups excluding carboxylic acids is 1. The van der Waals surface area contributed by atoms with Crippen LogP contribution in [0.1, 0.15) is 37.0 Å². The van der Waals surface area contributed by atoms with Gasteiger partial charge in [0, 0.05) is 17.6 Å². The van der Waals surface area contributed by atoms with Gasteiger partial charge in [0.25, 0.3) is 5.91 Å². The highest BCUT2D eigenvalue weighted by Crippen LogP contribution is 2.25. The third-order valence-corrected chi connectivity index (χ3v) is 5.46. The van der Waals surface area contributed by atoms with Gasteiger partial charge < -0.3 is 15.4 Å². The zero-order valence-electron chi connectivity index (χ0n) is 14.3. The molecule has 8 heteroatoms. The van der Waals surface area contributed by atoms with Crippen molar-refractivity contribution in [3.63, 3.8) is 0 Å². The van der Waals surface area contributed by atoms with Gasteiger partial charge in [-0.3, -0.25) is 4.79 Å². The van der Waals surface area contributed by atoms with E-state index in [1.807, 2.05) is 0 Å². The molecule has 0 aliphatic carbocycles. The Balaban J connectivity index is 2.25. The Labute approximate surface area is 143 Å². The van der Waals surface area contributed by atoms with Crippen LogP contribution in [0.3, 0.4) is 0 Å². The normalized spacial score (nSPS) is 16.2. The Morgan fingerprint density at radius 1 is 1.29 bits per heavy atom. The Morgan fingerprint density at radius 2 is 1.96 bits per heavy atom. The highest BCUT2D eigenvalue weighted by atomic mass is 32.2. The average molecular weight is 355 g/mol. The fourth-order valence-electron chi connectivity index (χ4n) is 2.64. The maximum atomic E-state index is 12.5. The third-order valence-electron chi connectivity index (χ3n) is 3.78. The molecule has 7 nitrogen and oxygen atoms in total. The molecular weight excluding hydrogens is 330 g/mol. The fraction of sp³-hybridized carbons (Fsp3) is 0.562. The number of ether oxygens (including phenoxy) is 1. The second-order valence-corrected chi connectivity index (χ2v) is 7.82. The molecule has 0 saturated carbocycles. The minimum absolute atomic E-state index is 0.0309. The lowest BCUT2D eigenvalue weighted by molar-refractivity contribution is 0.0929. The van der Waals surface area contributed by atoms with Gasteiger partial charge in [-0.2, -0.15) is 0 Å². The van der Waals surface area contributed by atoms with E-state index in [9.17, 15) is 13.2 Å². The SMILES string of the molecule is COc1ccc(C(=O)NC2CCNCC2)cc1S(=O)(=O)NC(C)C. The van der Waals surface area contributed by atoms with Crippen LogP contribution >= 0.6 is 0 Å². The first-order valence-corrected chi connectivity index (χ1v) is 9.53. The maximum absolute atomic E-state index is 12.5. The standard InChI is InChI=1S/C16H25N3O4S/c1-11(2)19-24(21,22)15-10-12(4-5-14(15)23-3)16(20)18-13-6-8-17-9-7-13/h4-5,10-11,13,17,19H,6-9H2,1-3H3,(H,18,20). The summed E-state index contributed by atoms with van der Waals surface area (Å²) in [5.74, 6) is -0.0629. The zero-order chi connectivity index (χ0) is 17.7. The number of rotatable bonds is 6.